The first-order valence-electron chi connectivity index (χ1n) is 11.3. The topological polar surface area (TPSA) is 96.6 Å². The van der Waals surface area contributed by atoms with E-state index >= 15 is 0 Å². The number of imidazole rings is 2. The highest BCUT2D eigenvalue weighted by molar-refractivity contribution is 5.92. The Morgan fingerprint density at radius 2 is 1.32 bits per heavy atom. The molecular weight excluding hydrogens is 426 g/mol. The number of nitrogens with zero attached hydrogens (tertiary/aromatic N) is 3. The van der Waals surface area contributed by atoms with Gasteiger partial charge in [-0.1, -0.05) is 45.0 Å². The van der Waals surface area contributed by atoms with E-state index in [1.165, 1.54) is 0 Å². The molecule has 0 fully saturated rings. The van der Waals surface area contributed by atoms with Crippen LogP contribution in [0, 0.1) is 19.3 Å². The summed E-state index contributed by atoms with van der Waals surface area (Å²) in [5, 5.41) is 0. The molecule has 34 heavy (non-hydrogen) atoms. The number of ether oxygens (including phenoxy) is 1. The molecule has 0 spiro atoms. The van der Waals surface area contributed by atoms with Gasteiger partial charge in [0.1, 0.15) is 11.4 Å². The van der Waals surface area contributed by atoms with Gasteiger partial charge < -0.3 is 14.7 Å². The highest BCUT2D eigenvalue weighted by Gasteiger charge is 2.20. The average Bonchev–Trinajstić information content (AvgIpc) is 3.43. The Morgan fingerprint density at radius 3 is 1.76 bits per heavy atom. The number of carbonyl (C=O) groups is 1. The fraction of sp³-hybridized carbons (Fsp3) is 0.259. The summed E-state index contributed by atoms with van der Waals surface area (Å²) in [4.78, 5) is 34.0. The molecule has 0 amide bonds. The molecule has 0 aliphatic rings. The van der Waals surface area contributed by atoms with Crippen LogP contribution < -0.4 is 0 Å². The number of pyridine rings is 1. The number of nitrogens with one attached hydrogen (secondary N) is 2. The second kappa shape index (κ2) is 8.09. The Labute approximate surface area is 197 Å². The van der Waals surface area contributed by atoms with Crippen molar-refractivity contribution < 1.29 is 9.53 Å². The van der Waals surface area contributed by atoms with Gasteiger partial charge in [0.25, 0.3) is 0 Å². The highest BCUT2D eigenvalue weighted by atomic mass is 16.5. The minimum atomic E-state index is -0.403. The molecule has 0 saturated heterocycles. The van der Waals surface area contributed by atoms with Crippen molar-refractivity contribution in [3.63, 3.8) is 0 Å². The molecule has 3 aromatic heterocycles. The first kappa shape index (κ1) is 21.8. The molecular formula is C27H27N5O2. The number of aryl methyl sites for hydroxylation is 2. The first-order chi connectivity index (χ1) is 16.2. The zero-order chi connectivity index (χ0) is 24.0. The fourth-order valence-electron chi connectivity index (χ4n) is 3.85. The third-order valence-corrected chi connectivity index (χ3v) is 5.61. The van der Waals surface area contributed by atoms with E-state index in [1.807, 2.05) is 71.0 Å². The van der Waals surface area contributed by atoms with Gasteiger partial charge >= 0.3 is 5.97 Å². The van der Waals surface area contributed by atoms with Crippen molar-refractivity contribution >= 4 is 28.0 Å². The predicted molar refractivity (Wildman–Crippen MR) is 134 cm³/mol. The lowest BCUT2D eigenvalue weighted by molar-refractivity contribution is 0.0367. The van der Waals surface area contributed by atoms with E-state index < -0.39 is 5.97 Å². The number of carbonyl (C=O) groups excluding carboxylic acids is 1. The van der Waals surface area contributed by atoms with Gasteiger partial charge in [-0.2, -0.15) is 0 Å². The average molecular weight is 454 g/mol. The van der Waals surface area contributed by atoms with Gasteiger partial charge in [-0.05, 0) is 54.7 Å². The van der Waals surface area contributed by atoms with Gasteiger partial charge in [0, 0.05) is 0 Å². The molecule has 0 unspecified atom stereocenters. The van der Waals surface area contributed by atoms with E-state index in [1.54, 1.807) is 12.1 Å². The van der Waals surface area contributed by atoms with Crippen LogP contribution in [0.15, 0.2) is 48.5 Å². The summed E-state index contributed by atoms with van der Waals surface area (Å²) in [5.74, 6) is 0.769. The molecule has 2 N–H and O–H groups in total. The standard InChI is InChI=1S/C27H27N5O2/c1-15-8-6-10-18-22(15)31-24(29-18)20-12-17(26(33)34-14-27(3,4)5)13-21(28-20)25-30-19-11-7-9-16(2)23(19)32-25/h6-13H,14H2,1-5H3,(H,29,31)(H,30,32). The molecule has 0 aliphatic carbocycles. The van der Waals surface area contributed by atoms with E-state index in [2.05, 4.69) is 9.97 Å². The van der Waals surface area contributed by atoms with Crippen LogP contribution in [0.1, 0.15) is 42.3 Å². The summed E-state index contributed by atoms with van der Waals surface area (Å²) in [7, 11) is 0. The van der Waals surface area contributed by atoms with Crippen molar-refractivity contribution in [1.29, 1.82) is 0 Å². The Balaban J connectivity index is 1.64. The van der Waals surface area contributed by atoms with Crippen molar-refractivity contribution in [3.05, 3.63) is 65.2 Å². The van der Waals surface area contributed by atoms with Crippen LogP contribution in [-0.2, 0) is 4.74 Å². The summed E-state index contributed by atoms with van der Waals surface area (Å²) in [5.41, 5.74) is 7.07. The summed E-state index contributed by atoms with van der Waals surface area (Å²) >= 11 is 0. The molecule has 5 rings (SSSR count). The van der Waals surface area contributed by atoms with E-state index in [4.69, 9.17) is 19.7 Å². The van der Waals surface area contributed by atoms with E-state index in [9.17, 15) is 4.79 Å². The number of hydrogen-bond donors (Lipinski definition) is 2. The minimum Gasteiger partial charge on any atom is -0.462 e. The maximum absolute atomic E-state index is 13.0. The largest absolute Gasteiger partial charge is 0.462 e. The summed E-state index contributed by atoms with van der Waals surface area (Å²) < 4.78 is 5.60. The molecule has 0 bridgehead atoms. The van der Waals surface area contributed by atoms with Crippen molar-refractivity contribution in [2.75, 3.05) is 6.61 Å². The second-order valence-corrected chi connectivity index (χ2v) is 9.88. The van der Waals surface area contributed by atoms with E-state index in [0.717, 1.165) is 33.2 Å². The molecule has 3 heterocycles. The molecule has 2 aromatic carbocycles. The summed E-state index contributed by atoms with van der Waals surface area (Å²) in [6.45, 7) is 10.4. The van der Waals surface area contributed by atoms with E-state index in [-0.39, 0.29) is 5.41 Å². The number of fused-ring (bicyclic) bond motifs is 2. The molecule has 5 aromatic rings. The number of H-pyrrole nitrogens is 2. The Hall–Kier alpha value is -4.00. The maximum Gasteiger partial charge on any atom is 0.338 e. The molecule has 7 nitrogen and oxygen atoms in total. The maximum atomic E-state index is 13.0. The van der Waals surface area contributed by atoms with Crippen LogP contribution in [-0.4, -0.2) is 37.5 Å². The number of hydrogen-bond acceptors (Lipinski definition) is 5. The monoisotopic (exact) mass is 453 g/mol. The third-order valence-electron chi connectivity index (χ3n) is 5.61. The Bertz CT molecular complexity index is 1440. The molecule has 7 heteroatoms. The lowest BCUT2D eigenvalue weighted by Crippen LogP contribution is -2.18. The fourth-order valence-corrected chi connectivity index (χ4v) is 3.85. The van der Waals surface area contributed by atoms with Crippen LogP contribution in [0.2, 0.25) is 0 Å². The normalized spacial score (nSPS) is 11.9. The lowest BCUT2D eigenvalue weighted by atomic mass is 9.99. The second-order valence-electron chi connectivity index (χ2n) is 9.88. The van der Waals surface area contributed by atoms with E-state index in [0.29, 0.717) is 35.2 Å². The van der Waals surface area contributed by atoms with Gasteiger partial charge in [-0.15, -0.1) is 0 Å². The SMILES string of the molecule is Cc1cccc2[nH]c(-c3cc(C(=O)OCC(C)(C)C)cc(-c4nc5c(C)cccc5[nH]4)n3)nc12. The molecule has 0 aliphatic heterocycles. The van der Waals surface area contributed by atoms with Gasteiger partial charge in [0.15, 0.2) is 11.6 Å². The van der Waals surface area contributed by atoms with Crippen molar-refractivity contribution in [2.45, 2.75) is 34.6 Å². The molecule has 172 valence electrons. The van der Waals surface area contributed by atoms with Crippen LogP contribution in [0.5, 0.6) is 0 Å². The van der Waals surface area contributed by atoms with Crippen molar-refractivity contribution in [3.8, 4) is 23.0 Å². The quantitative estimate of drug-likeness (QED) is 0.326. The van der Waals surface area contributed by atoms with Crippen LogP contribution in [0.25, 0.3) is 45.1 Å². The minimum absolute atomic E-state index is 0.138. The number of aromatic amines is 2. The highest BCUT2D eigenvalue weighted by Crippen LogP contribution is 2.27. The number of benzene rings is 2. The van der Waals surface area contributed by atoms with Crippen molar-refractivity contribution in [1.82, 2.24) is 24.9 Å². The number of esters is 1. The van der Waals surface area contributed by atoms with Crippen molar-refractivity contribution in [2.24, 2.45) is 5.41 Å². The zero-order valence-corrected chi connectivity index (χ0v) is 20.0. The lowest BCUT2D eigenvalue weighted by Gasteiger charge is -2.18. The first-order valence-corrected chi connectivity index (χ1v) is 11.3. The Morgan fingerprint density at radius 1 is 0.824 bits per heavy atom. The molecule has 0 radical (unpaired) electrons. The molecule has 0 saturated carbocycles. The number of rotatable bonds is 4. The molecule has 0 atom stereocenters. The summed E-state index contributed by atoms with van der Waals surface area (Å²) in [6, 6.07) is 15.4. The summed E-state index contributed by atoms with van der Waals surface area (Å²) in [6.07, 6.45) is 0. The Kier molecular flexibility index (Phi) is 5.20. The van der Waals surface area contributed by atoms with Gasteiger partial charge in [-0.25, -0.2) is 19.7 Å². The third kappa shape index (κ3) is 4.17. The number of aromatic nitrogens is 5. The van der Waals surface area contributed by atoms with Crippen LogP contribution in [0.3, 0.4) is 0 Å². The van der Waals surface area contributed by atoms with Gasteiger partial charge in [-0.3, -0.25) is 0 Å². The number of para-hydroxylation sites is 2. The van der Waals surface area contributed by atoms with Crippen LogP contribution in [0.4, 0.5) is 0 Å². The predicted octanol–water partition coefficient (Wildman–Crippen LogP) is 5.99. The van der Waals surface area contributed by atoms with Crippen LogP contribution >= 0.6 is 0 Å². The zero-order valence-electron chi connectivity index (χ0n) is 20.0. The smallest absolute Gasteiger partial charge is 0.338 e. The van der Waals surface area contributed by atoms with Gasteiger partial charge in [0.05, 0.1) is 34.2 Å². The van der Waals surface area contributed by atoms with Gasteiger partial charge in [0.2, 0.25) is 0 Å².